The Morgan fingerprint density at radius 3 is 2.72 bits per heavy atom. The molecule has 96 valence electrons. The highest BCUT2D eigenvalue weighted by atomic mass is 16.6. The zero-order valence-electron chi connectivity index (χ0n) is 9.80. The normalized spacial score (nSPS) is 10.6. The van der Waals surface area contributed by atoms with Gasteiger partial charge in [0, 0.05) is 17.2 Å². The van der Waals surface area contributed by atoms with Crippen LogP contribution in [0.5, 0.6) is 5.75 Å². The van der Waals surface area contributed by atoms with E-state index in [0.717, 1.165) is 6.21 Å². The van der Waals surface area contributed by atoms with Gasteiger partial charge in [0.25, 0.3) is 5.69 Å². The second-order valence-corrected chi connectivity index (χ2v) is 3.59. The molecule has 0 aromatic heterocycles. The molecule has 0 aliphatic carbocycles. The van der Waals surface area contributed by atoms with Gasteiger partial charge in [-0.25, -0.2) is 10.2 Å². The van der Waals surface area contributed by atoms with Crippen LogP contribution >= 0.6 is 0 Å². The summed E-state index contributed by atoms with van der Waals surface area (Å²) in [7, 11) is 0. The molecule has 1 aromatic carbocycles. The minimum atomic E-state index is -0.870. The van der Waals surface area contributed by atoms with E-state index in [1.807, 2.05) is 5.43 Å². The molecule has 18 heavy (non-hydrogen) atoms. The number of nitro benzene ring substituents is 1. The highest BCUT2D eigenvalue weighted by molar-refractivity contribution is 5.88. The molecule has 8 nitrogen and oxygen atoms in total. The summed E-state index contributed by atoms with van der Waals surface area (Å²) in [6.07, 6.45) is 1.11. The first-order valence-electron chi connectivity index (χ1n) is 4.90. The number of amides is 2. The zero-order valence-corrected chi connectivity index (χ0v) is 9.80. The van der Waals surface area contributed by atoms with Crippen LogP contribution in [0.15, 0.2) is 11.2 Å². The molecule has 0 heterocycles. The van der Waals surface area contributed by atoms with E-state index >= 15 is 0 Å². The second kappa shape index (κ2) is 5.13. The molecule has 0 aliphatic heterocycles. The fourth-order valence-electron chi connectivity index (χ4n) is 1.42. The van der Waals surface area contributed by atoms with Crippen molar-refractivity contribution in [1.29, 1.82) is 0 Å². The highest BCUT2D eigenvalue weighted by Gasteiger charge is 2.18. The maximum absolute atomic E-state index is 10.8. The number of hydrogen-bond donors (Lipinski definition) is 3. The van der Waals surface area contributed by atoms with Crippen LogP contribution in [0.1, 0.15) is 16.7 Å². The van der Waals surface area contributed by atoms with Crippen molar-refractivity contribution in [3.63, 3.8) is 0 Å². The lowest BCUT2D eigenvalue weighted by molar-refractivity contribution is -0.385. The number of nitrogens with two attached hydrogens (primary N) is 1. The molecule has 0 saturated carbocycles. The van der Waals surface area contributed by atoms with Gasteiger partial charge in [0.15, 0.2) is 0 Å². The average Bonchev–Trinajstić information content (AvgIpc) is 2.27. The molecule has 1 aromatic rings. The van der Waals surface area contributed by atoms with Gasteiger partial charge in [0.05, 0.1) is 11.1 Å². The lowest BCUT2D eigenvalue weighted by Crippen LogP contribution is -2.24. The van der Waals surface area contributed by atoms with Crippen molar-refractivity contribution < 1.29 is 14.8 Å². The van der Waals surface area contributed by atoms with Crippen molar-refractivity contribution in [1.82, 2.24) is 5.43 Å². The molecular formula is C10H12N4O4. The van der Waals surface area contributed by atoms with Crippen LogP contribution in [-0.4, -0.2) is 22.3 Å². The molecule has 0 radical (unpaired) electrons. The molecule has 0 fully saturated rings. The van der Waals surface area contributed by atoms with E-state index < -0.39 is 11.0 Å². The van der Waals surface area contributed by atoms with E-state index in [4.69, 9.17) is 5.73 Å². The largest absolute Gasteiger partial charge is 0.507 e. The van der Waals surface area contributed by atoms with Gasteiger partial charge >= 0.3 is 6.03 Å². The lowest BCUT2D eigenvalue weighted by atomic mass is 10.0. The molecule has 2 amide bonds. The molecule has 0 saturated heterocycles. The fourth-order valence-corrected chi connectivity index (χ4v) is 1.42. The van der Waals surface area contributed by atoms with Gasteiger partial charge in [-0.3, -0.25) is 10.1 Å². The zero-order chi connectivity index (χ0) is 13.9. The monoisotopic (exact) mass is 252 g/mol. The standard InChI is InChI=1S/C10H12N4O4/c1-5-3-8(14(17)18)6(2)7(9(5)15)4-12-13-10(11)16/h3-4,15H,1-2H3,(H3,11,13,16). The maximum atomic E-state index is 10.8. The Labute approximate surface area is 102 Å². The predicted molar refractivity (Wildman–Crippen MR) is 64.5 cm³/mol. The van der Waals surface area contributed by atoms with E-state index in [-0.39, 0.29) is 22.6 Å². The smallest absolute Gasteiger partial charge is 0.332 e. The number of carbonyl (C=O) groups is 1. The maximum Gasteiger partial charge on any atom is 0.332 e. The predicted octanol–water partition coefficient (Wildman–Crippen LogP) is 0.919. The van der Waals surface area contributed by atoms with E-state index in [0.29, 0.717) is 5.56 Å². The number of carbonyl (C=O) groups excluding carboxylic acids is 1. The number of aromatic hydroxyl groups is 1. The summed E-state index contributed by atoms with van der Waals surface area (Å²) in [4.78, 5) is 20.7. The van der Waals surface area contributed by atoms with Crippen LogP contribution in [0.4, 0.5) is 10.5 Å². The lowest BCUT2D eigenvalue weighted by Gasteiger charge is -2.07. The summed E-state index contributed by atoms with van der Waals surface area (Å²) in [6.45, 7) is 3.00. The van der Waals surface area contributed by atoms with Gasteiger partial charge in [0.2, 0.25) is 0 Å². The van der Waals surface area contributed by atoms with Crippen LogP contribution < -0.4 is 11.2 Å². The molecule has 0 spiro atoms. The SMILES string of the molecule is Cc1cc([N+](=O)[O-])c(C)c(C=NNC(N)=O)c1O. The van der Waals surface area contributed by atoms with Crippen LogP contribution in [0.2, 0.25) is 0 Å². The fraction of sp³-hybridized carbons (Fsp3) is 0.200. The average molecular weight is 252 g/mol. The number of nitrogens with one attached hydrogen (secondary N) is 1. The van der Waals surface area contributed by atoms with Crippen LogP contribution in [-0.2, 0) is 0 Å². The topological polar surface area (TPSA) is 131 Å². The van der Waals surface area contributed by atoms with Crippen molar-refractivity contribution in [2.75, 3.05) is 0 Å². The van der Waals surface area contributed by atoms with Crippen LogP contribution in [0.25, 0.3) is 0 Å². The number of rotatable bonds is 3. The Hall–Kier alpha value is -2.64. The Kier molecular flexibility index (Phi) is 3.82. The first kappa shape index (κ1) is 13.4. The number of benzene rings is 1. The molecule has 1 rings (SSSR count). The van der Waals surface area contributed by atoms with E-state index in [9.17, 15) is 20.0 Å². The third kappa shape index (κ3) is 2.73. The highest BCUT2D eigenvalue weighted by Crippen LogP contribution is 2.31. The minimum Gasteiger partial charge on any atom is -0.507 e. The Bertz CT molecular complexity index is 539. The number of phenols is 1. The van der Waals surface area contributed by atoms with Gasteiger partial charge in [-0.15, -0.1) is 0 Å². The van der Waals surface area contributed by atoms with Gasteiger partial charge in [-0.05, 0) is 19.4 Å². The van der Waals surface area contributed by atoms with E-state index in [2.05, 4.69) is 5.10 Å². The number of nitrogens with zero attached hydrogens (tertiary/aromatic N) is 2. The number of primary amides is 1. The first-order chi connectivity index (χ1) is 8.34. The van der Waals surface area contributed by atoms with Crippen molar-refractivity contribution in [3.05, 3.63) is 32.9 Å². The van der Waals surface area contributed by atoms with Gasteiger partial charge in [-0.2, -0.15) is 5.10 Å². The van der Waals surface area contributed by atoms with Gasteiger partial charge < -0.3 is 10.8 Å². The summed E-state index contributed by atoms with van der Waals surface area (Å²) < 4.78 is 0. The molecule has 0 unspecified atom stereocenters. The number of hydrogen-bond acceptors (Lipinski definition) is 5. The molecule has 0 bridgehead atoms. The quantitative estimate of drug-likeness (QED) is 0.419. The van der Waals surface area contributed by atoms with Crippen LogP contribution in [0, 0.1) is 24.0 Å². The minimum absolute atomic E-state index is 0.131. The van der Waals surface area contributed by atoms with E-state index in [1.54, 1.807) is 0 Å². The number of hydrazone groups is 1. The first-order valence-corrected chi connectivity index (χ1v) is 4.90. The molecule has 0 atom stereocenters. The molecule has 4 N–H and O–H groups in total. The molecular weight excluding hydrogens is 240 g/mol. The number of urea groups is 1. The van der Waals surface area contributed by atoms with Crippen molar-refractivity contribution >= 4 is 17.9 Å². The summed E-state index contributed by atoms with van der Waals surface area (Å²) >= 11 is 0. The van der Waals surface area contributed by atoms with Gasteiger partial charge in [-0.1, -0.05) is 0 Å². The summed E-state index contributed by atoms with van der Waals surface area (Å²) in [5.41, 5.74) is 7.37. The number of nitro groups is 1. The Balaban J connectivity index is 3.29. The van der Waals surface area contributed by atoms with Crippen molar-refractivity contribution in [2.24, 2.45) is 10.8 Å². The Morgan fingerprint density at radius 2 is 2.22 bits per heavy atom. The van der Waals surface area contributed by atoms with Crippen molar-refractivity contribution in [3.8, 4) is 5.75 Å². The van der Waals surface area contributed by atoms with E-state index in [1.165, 1.54) is 19.9 Å². The summed E-state index contributed by atoms with van der Waals surface area (Å²) in [5.74, 6) is -0.131. The van der Waals surface area contributed by atoms with Crippen LogP contribution in [0.3, 0.4) is 0 Å². The third-order valence-corrected chi connectivity index (χ3v) is 2.34. The Morgan fingerprint density at radius 1 is 1.61 bits per heavy atom. The van der Waals surface area contributed by atoms with Crippen molar-refractivity contribution in [2.45, 2.75) is 13.8 Å². The molecule has 8 heteroatoms. The number of phenolic OH excluding ortho intramolecular Hbond substituents is 1. The third-order valence-electron chi connectivity index (χ3n) is 2.34. The second-order valence-electron chi connectivity index (χ2n) is 3.59. The summed E-state index contributed by atoms with van der Waals surface area (Å²) in [5, 5.41) is 24.1. The summed E-state index contributed by atoms with van der Waals surface area (Å²) in [6, 6.07) is 0.398. The molecule has 0 aliphatic rings. The number of aryl methyl sites for hydroxylation is 1. The van der Waals surface area contributed by atoms with Gasteiger partial charge in [0.1, 0.15) is 5.75 Å².